The van der Waals surface area contributed by atoms with E-state index in [9.17, 15) is 9.59 Å². The third-order valence-corrected chi connectivity index (χ3v) is 3.66. The number of urea groups is 1. The highest BCUT2D eigenvalue weighted by atomic mass is 16.4. The number of carbonyl (C=O) groups is 2. The van der Waals surface area contributed by atoms with Gasteiger partial charge in [0, 0.05) is 25.0 Å². The molecule has 0 radical (unpaired) electrons. The monoisotopic (exact) mass is 300 g/mol. The van der Waals surface area contributed by atoms with Gasteiger partial charge < -0.3 is 10.4 Å². The number of carbonyl (C=O) groups excluding carboxylic acids is 1. The predicted molar refractivity (Wildman–Crippen MR) is 81.4 cm³/mol. The Labute approximate surface area is 127 Å². The SMILES string of the molecule is CCn1cc(NC(=O)N2CCc3ccccc32)c(C(=O)O)n1. The summed E-state index contributed by atoms with van der Waals surface area (Å²) in [6.45, 7) is 2.96. The zero-order chi connectivity index (χ0) is 15.7. The van der Waals surface area contributed by atoms with Gasteiger partial charge in [-0.25, -0.2) is 9.59 Å². The number of nitrogens with zero attached hydrogens (tertiary/aromatic N) is 3. The van der Waals surface area contributed by atoms with Crippen LogP contribution in [0.25, 0.3) is 0 Å². The number of carboxylic acids is 1. The maximum absolute atomic E-state index is 12.4. The van der Waals surface area contributed by atoms with Crippen LogP contribution in [0, 0.1) is 0 Å². The van der Waals surface area contributed by atoms with Gasteiger partial charge in [-0.15, -0.1) is 0 Å². The minimum absolute atomic E-state index is 0.150. The standard InChI is InChI=1S/C15H16N4O3/c1-2-18-9-11(13(17-18)14(20)21)16-15(22)19-8-7-10-5-3-4-6-12(10)19/h3-6,9H,2,7-8H2,1H3,(H,16,22)(H,20,21). The number of aromatic carboxylic acids is 1. The molecule has 1 aromatic carbocycles. The van der Waals surface area contributed by atoms with Crippen molar-refractivity contribution in [1.29, 1.82) is 0 Å². The summed E-state index contributed by atoms with van der Waals surface area (Å²) in [7, 11) is 0. The van der Waals surface area contributed by atoms with Crippen LogP contribution in [0.3, 0.4) is 0 Å². The second-order valence-corrected chi connectivity index (χ2v) is 5.01. The Morgan fingerprint density at radius 2 is 2.14 bits per heavy atom. The van der Waals surface area contributed by atoms with Crippen LogP contribution in [-0.4, -0.2) is 33.4 Å². The van der Waals surface area contributed by atoms with Crippen LogP contribution in [0.4, 0.5) is 16.2 Å². The molecule has 3 rings (SSSR count). The minimum atomic E-state index is -1.16. The predicted octanol–water partition coefficient (Wildman–Crippen LogP) is 2.20. The molecule has 0 fully saturated rings. The lowest BCUT2D eigenvalue weighted by Gasteiger charge is -2.17. The number of hydrogen-bond acceptors (Lipinski definition) is 3. The highest BCUT2D eigenvalue weighted by molar-refractivity contribution is 6.06. The van der Waals surface area contributed by atoms with E-state index in [0.717, 1.165) is 17.7 Å². The zero-order valence-electron chi connectivity index (χ0n) is 12.1. The first-order valence-electron chi connectivity index (χ1n) is 7.07. The zero-order valence-corrected chi connectivity index (χ0v) is 12.1. The number of aryl methyl sites for hydroxylation is 1. The Bertz CT molecular complexity index is 738. The average Bonchev–Trinajstić information content (AvgIpc) is 3.10. The molecule has 1 aliphatic rings. The van der Waals surface area contributed by atoms with Crippen molar-refractivity contribution in [3.8, 4) is 0 Å². The summed E-state index contributed by atoms with van der Waals surface area (Å²) in [5, 5.41) is 15.8. The van der Waals surface area contributed by atoms with E-state index in [0.29, 0.717) is 13.1 Å². The highest BCUT2D eigenvalue weighted by Gasteiger charge is 2.26. The normalized spacial score (nSPS) is 13.0. The van der Waals surface area contributed by atoms with Crippen molar-refractivity contribution >= 4 is 23.4 Å². The second kappa shape index (κ2) is 5.51. The summed E-state index contributed by atoms with van der Waals surface area (Å²) < 4.78 is 1.48. The molecule has 0 bridgehead atoms. The third kappa shape index (κ3) is 2.41. The maximum atomic E-state index is 12.4. The molecule has 0 atom stereocenters. The number of benzene rings is 1. The van der Waals surface area contributed by atoms with Crippen LogP contribution in [0.1, 0.15) is 23.0 Å². The molecule has 0 saturated heterocycles. The fourth-order valence-electron chi connectivity index (χ4n) is 2.56. The number of aromatic nitrogens is 2. The third-order valence-electron chi connectivity index (χ3n) is 3.66. The first-order valence-corrected chi connectivity index (χ1v) is 7.07. The van der Waals surface area contributed by atoms with Crippen molar-refractivity contribution in [1.82, 2.24) is 9.78 Å². The molecule has 7 nitrogen and oxygen atoms in total. The van der Waals surface area contributed by atoms with Gasteiger partial charge in [0.1, 0.15) is 0 Å². The van der Waals surface area contributed by atoms with E-state index in [2.05, 4.69) is 10.4 Å². The molecule has 2 aromatic rings. The van der Waals surface area contributed by atoms with Crippen LogP contribution in [0.15, 0.2) is 30.5 Å². The smallest absolute Gasteiger partial charge is 0.358 e. The molecule has 2 amide bonds. The Balaban J connectivity index is 1.84. The van der Waals surface area contributed by atoms with E-state index >= 15 is 0 Å². The Hall–Kier alpha value is -2.83. The van der Waals surface area contributed by atoms with Gasteiger partial charge >= 0.3 is 12.0 Å². The molecule has 0 spiro atoms. The molecule has 114 valence electrons. The number of fused-ring (bicyclic) bond motifs is 1. The second-order valence-electron chi connectivity index (χ2n) is 5.01. The summed E-state index contributed by atoms with van der Waals surface area (Å²) in [6, 6.07) is 7.34. The van der Waals surface area contributed by atoms with Crippen molar-refractivity contribution in [2.45, 2.75) is 19.9 Å². The van der Waals surface area contributed by atoms with Crippen molar-refractivity contribution < 1.29 is 14.7 Å². The summed E-state index contributed by atoms with van der Waals surface area (Å²) in [5.74, 6) is -1.16. The average molecular weight is 300 g/mol. The van der Waals surface area contributed by atoms with Gasteiger partial charge in [-0.3, -0.25) is 9.58 Å². The van der Waals surface area contributed by atoms with E-state index in [1.165, 1.54) is 10.9 Å². The molecule has 0 unspecified atom stereocenters. The van der Waals surface area contributed by atoms with Gasteiger partial charge in [0.2, 0.25) is 0 Å². The lowest BCUT2D eigenvalue weighted by molar-refractivity contribution is 0.0690. The molecule has 2 heterocycles. The van der Waals surface area contributed by atoms with E-state index in [-0.39, 0.29) is 17.4 Å². The molecule has 1 aliphatic heterocycles. The number of carboxylic acid groups (broad SMARTS) is 1. The first-order chi connectivity index (χ1) is 10.6. The van der Waals surface area contributed by atoms with Crippen molar-refractivity contribution in [2.75, 3.05) is 16.8 Å². The van der Waals surface area contributed by atoms with E-state index in [4.69, 9.17) is 5.11 Å². The summed E-state index contributed by atoms with van der Waals surface area (Å²) in [4.78, 5) is 25.3. The summed E-state index contributed by atoms with van der Waals surface area (Å²) in [5.41, 5.74) is 2.03. The van der Waals surface area contributed by atoms with E-state index < -0.39 is 5.97 Å². The van der Waals surface area contributed by atoms with Crippen molar-refractivity contribution in [3.05, 3.63) is 41.7 Å². The summed E-state index contributed by atoms with van der Waals surface area (Å²) in [6.07, 6.45) is 2.33. The largest absolute Gasteiger partial charge is 0.476 e. The molecule has 0 saturated carbocycles. The Kier molecular flexibility index (Phi) is 3.54. The van der Waals surface area contributed by atoms with Gasteiger partial charge in [0.15, 0.2) is 5.69 Å². The van der Waals surface area contributed by atoms with E-state index in [1.54, 1.807) is 4.90 Å². The quantitative estimate of drug-likeness (QED) is 0.909. The number of amides is 2. The number of rotatable bonds is 3. The molecule has 7 heteroatoms. The highest BCUT2D eigenvalue weighted by Crippen LogP contribution is 2.28. The van der Waals surface area contributed by atoms with Crippen molar-refractivity contribution in [2.24, 2.45) is 0 Å². The topological polar surface area (TPSA) is 87.5 Å². The number of para-hydroxylation sites is 1. The van der Waals surface area contributed by atoms with Crippen LogP contribution in [0.5, 0.6) is 0 Å². The van der Waals surface area contributed by atoms with Gasteiger partial charge in [-0.1, -0.05) is 18.2 Å². The van der Waals surface area contributed by atoms with Gasteiger partial charge in [-0.05, 0) is 25.0 Å². The molecule has 1 aromatic heterocycles. The maximum Gasteiger partial charge on any atom is 0.358 e. The van der Waals surface area contributed by atoms with Crippen molar-refractivity contribution in [3.63, 3.8) is 0 Å². The Morgan fingerprint density at radius 1 is 1.36 bits per heavy atom. The lowest BCUT2D eigenvalue weighted by atomic mass is 10.2. The van der Waals surface area contributed by atoms with Crippen LogP contribution in [-0.2, 0) is 13.0 Å². The number of nitrogens with one attached hydrogen (secondary N) is 1. The number of anilines is 2. The van der Waals surface area contributed by atoms with E-state index in [1.807, 2.05) is 31.2 Å². The molecule has 2 N–H and O–H groups in total. The molecule has 22 heavy (non-hydrogen) atoms. The molecule has 0 aliphatic carbocycles. The number of hydrogen-bond donors (Lipinski definition) is 2. The first kappa shape index (κ1) is 14.1. The Morgan fingerprint density at radius 3 is 2.86 bits per heavy atom. The summed E-state index contributed by atoms with van der Waals surface area (Å²) >= 11 is 0. The van der Waals surface area contributed by atoms with Crippen LogP contribution in [0.2, 0.25) is 0 Å². The van der Waals surface area contributed by atoms with Crippen LogP contribution >= 0.6 is 0 Å². The van der Waals surface area contributed by atoms with Crippen LogP contribution < -0.4 is 10.2 Å². The fraction of sp³-hybridized carbons (Fsp3) is 0.267. The molecular weight excluding hydrogens is 284 g/mol. The van der Waals surface area contributed by atoms with Gasteiger partial charge in [0.05, 0.1) is 5.69 Å². The fourth-order valence-corrected chi connectivity index (χ4v) is 2.56. The van der Waals surface area contributed by atoms with Gasteiger partial charge in [-0.2, -0.15) is 5.10 Å². The van der Waals surface area contributed by atoms with Gasteiger partial charge in [0.25, 0.3) is 0 Å². The minimum Gasteiger partial charge on any atom is -0.476 e. The molecular formula is C15H16N4O3. The lowest BCUT2D eigenvalue weighted by Crippen LogP contribution is -2.33.